The average molecular weight is 431 g/mol. The highest BCUT2D eigenvalue weighted by molar-refractivity contribution is 7.07. The predicted molar refractivity (Wildman–Crippen MR) is 110 cm³/mol. The summed E-state index contributed by atoms with van der Waals surface area (Å²) in [5, 5.41) is 25.8. The van der Waals surface area contributed by atoms with Crippen LogP contribution >= 0.6 is 11.3 Å². The highest BCUT2D eigenvalue weighted by atomic mass is 32.1. The normalized spacial score (nSPS) is 17.3. The summed E-state index contributed by atoms with van der Waals surface area (Å²) < 4.78 is 35.0. The third-order valence-corrected chi connectivity index (χ3v) is 5.55. The summed E-state index contributed by atoms with van der Waals surface area (Å²) in [7, 11) is 0. The molecule has 1 atom stereocenters. The molecule has 30 heavy (non-hydrogen) atoms. The van der Waals surface area contributed by atoms with E-state index in [1.807, 2.05) is 0 Å². The summed E-state index contributed by atoms with van der Waals surface area (Å²) >= 11 is 1.28. The second-order valence-corrected chi connectivity index (χ2v) is 7.61. The Bertz CT molecular complexity index is 1130. The zero-order valence-corrected chi connectivity index (χ0v) is 16.6. The molecule has 156 valence electrons. The van der Waals surface area contributed by atoms with Crippen LogP contribution < -0.4 is 4.80 Å². The van der Waals surface area contributed by atoms with Crippen molar-refractivity contribution in [3.05, 3.63) is 63.8 Å². The Hall–Kier alpha value is -3.04. The van der Waals surface area contributed by atoms with Gasteiger partial charge in [-0.25, -0.2) is 13.5 Å². The van der Waals surface area contributed by atoms with Crippen LogP contribution in [-0.4, -0.2) is 40.4 Å². The number of halogens is 2. The SMILES string of the molecule is Oc1ccc(-c2csc(=NCC3CCCO3)n2/N=C/c2c(F)cccc2F)c(O)c1. The second kappa shape index (κ2) is 8.76. The summed E-state index contributed by atoms with van der Waals surface area (Å²) in [4.78, 5) is 5.05. The highest BCUT2D eigenvalue weighted by Crippen LogP contribution is 2.32. The molecule has 0 radical (unpaired) electrons. The Morgan fingerprint density at radius 2 is 2.00 bits per heavy atom. The van der Waals surface area contributed by atoms with Gasteiger partial charge >= 0.3 is 0 Å². The van der Waals surface area contributed by atoms with Gasteiger partial charge < -0.3 is 14.9 Å². The van der Waals surface area contributed by atoms with E-state index in [1.54, 1.807) is 5.38 Å². The smallest absolute Gasteiger partial charge is 0.206 e. The van der Waals surface area contributed by atoms with Crippen LogP contribution in [0.25, 0.3) is 11.3 Å². The van der Waals surface area contributed by atoms with Gasteiger partial charge in [0.25, 0.3) is 0 Å². The van der Waals surface area contributed by atoms with Gasteiger partial charge in [0.2, 0.25) is 4.80 Å². The first kappa shape index (κ1) is 20.2. The van der Waals surface area contributed by atoms with Crippen molar-refractivity contribution in [2.75, 3.05) is 13.2 Å². The van der Waals surface area contributed by atoms with Crippen molar-refractivity contribution < 1.29 is 23.7 Å². The van der Waals surface area contributed by atoms with E-state index in [4.69, 9.17) is 4.74 Å². The molecule has 2 aromatic carbocycles. The molecule has 1 fully saturated rings. The highest BCUT2D eigenvalue weighted by Gasteiger charge is 2.16. The van der Waals surface area contributed by atoms with E-state index in [1.165, 1.54) is 40.3 Å². The van der Waals surface area contributed by atoms with Crippen LogP contribution in [-0.2, 0) is 4.74 Å². The molecule has 2 N–H and O–H groups in total. The third-order valence-electron chi connectivity index (χ3n) is 4.70. The summed E-state index contributed by atoms with van der Waals surface area (Å²) in [6.07, 6.45) is 3.02. The van der Waals surface area contributed by atoms with Crippen molar-refractivity contribution in [1.29, 1.82) is 0 Å². The lowest BCUT2D eigenvalue weighted by Gasteiger charge is -2.07. The number of aromatic nitrogens is 1. The number of benzene rings is 2. The average Bonchev–Trinajstić information content (AvgIpc) is 3.36. The van der Waals surface area contributed by atoms with Crippen molar-refractivity contribution in [2.24, 2.45) is 10.1 Å². The quantitative estimate of drug-likeness (QED) is 0.602. The van der Waals surface area contributed by atoms with Crippen LogP contribution in [0.2, 0.25) is 0 Å². The molecule has 0 aliphatic carbocycles. The van der Waals surface area contributed by atoms with Crippen LogP contribution in [0.3, 0.4) is 0 Å². The molecule has 1 unspecified atom stereocenters. The topological polar surface area (TPSA) is 79.3 Å². The van der Waals surface area contributed by atoms with E-state index in [-0.39, 0.29) is 23.2 Å². The van der Waals surface area contributed by atoms with E-state index in [0.717, 1.165) is 31.2 Å². The Kier molecular flexibility index (Phi) is 5.91. The fourth-order valence-corrected chi connectivity index (χ4v) is 4.00. The maximum Gasteiger partial charge on any atom is 0.206 e. The van der Waals surface area contributed by atoms with Crippen LogP contribution in [0.1, 0.15) is 18.4 Å². The molecule has 4 rings (SSSR count). The van der Waals surface area contributed by atoms with Crippen molar-refractivity contribution in [3.63, 3.8) is 0 Å². The number of rotatable bonds is 5. The minimum absolute atomic E-state index is 0.0269. The zero-order chi connectivity index (χ0) is 21.1. The number of hydrogen-bond donors (Lipinski definition) is 2. The lowest BCUT2D eigenvalue weighted by molar-refractivity contribution is 0.117. The number of thiazole rings is 1. The minimum atomic E-state index is -0.735. The standard InChI is InChI=1S/C21H19F2N3O3S/c22-17-4-1-5-18(23)16(17)11-25-26-19(15-7-6-13(27)9-20(15)28)12-30-21(26)24-10-14-3-2-8-29-14/h1,4-7,9,11-12,14,27-28H,2-3,8,10H2/b24-21?,25-11+. The van der Waals surface area contributed by atoms with Crippen LogP contribution in [0.15, 0.2) is 51.9 Å². The molecule has 6 nitrogen and oxygen atoms in total. The molecule has 0 saturated carbocycles. The third kappa shape index (κ3) is 4.27. The maximum atomic E-state index is 14.0. The van der Waals surface area contributed by atoms with Crippen LogP contribution in [0.4, 0.5) is 8.78 Å². The van der Waals surface area contributed by atoms with Gasteiger partial charge in [0.1, 0.15) is 23.1 Å². The van der Waals surface area contributed by atoms with Crippen molar-refractivity contribution in [1.82, 2.24) is 4.68 Å². The first-order valence-corrected chi connectivity index (χ1v) is 10.2. The van der Waals surface area contributed by atoms with Gasteiger partial charge in [0, 0.05) is 23.6 Å². The predicted octanol–water partition coefficient (Wildman–Crippen LogP) is 3.87. The number of hydrogen-bond acceptors (Lipinski definition) is 6. The second-order valence-electron chi connectivity index (χ2n) is 6.77. The molecule has 1 saturated heterocycles. The monoisotopic (exact) mass is 431 g/mol. The first-order chi connectivity index (χ1) is 14.5. The number of phenols is 2. The molecule has 9 heteroatoms. The lowest BCUT2D eigenvalue weighted by Crippen LogP contribution is -2.17. The van der Waals surface area contributed by atoms with Crippen LogP contribution in [0.5, 0.6) is 11.5 Å². The molecule has 1 aliphatic heterocycles. The largest absolute Gasteiger partial charge is 0.508 e. The van der Waals surface area contributed by atoms with Gasteiger partial charge in [-0.15, -0.1) is 11.3 Å². The maximum absolute atomic E-state index is 14.0. The Morgan fingerprint density at radius 3 is 2.70 bits per heavy atom. The van der Waals surface area contributed by atoms with E-state index in [2.05, 4.69) is 10.1 Å². The fraction of sp³-hybridized carbons (Fsp3) is 0.238. The van der Waals surface area contributed by atoms with Gasteiger partial charge in [-0.05, 0) is 37.1 Å². The Morgan fingerprint density at radius 1 is 1.20 bits per heavy atom. The number of nitrogens with zero attached hydrogens (tertiary/aromatic N) is 3. The molecular formula is C21H19F2N3O3S. The number of phenolic OH excluding ortho intramolecular Hbond substituents is 2. The van der Waals surface area contributed by atoms with Gasteiger partial charge in [-0.3, -0.25) is 4.99 Å². The number of ether oxygens (including phenoxy) is 1. The van der Waals surface area contributed by atoms with Crippen molar-refractivity contribution >= 4 is 17.6 Å². The van der Waals surface area contributed by atoms with Crippen molar-refractivity contribution in [3.8, 4) is 22.8 Å². The van der Waals surface area contributed by atoms with Gasteiger partial charge in [0.15, 0.2) is 0 Å². The summed E-state index contributed by atoms with van der Waals surface area (Å²) in [6.45, 7) is 1.15. The van der Waals surface area contributed by atoms with E-state index in [0.29, 0.717) is 29.2 Å². The summed E-state index contributed by atoms with van der Waals surface area (Å²) in [5.74, 6) is -1.71. The minimum Gasteiger partial charge on any atom is -0.508 e. The Balaban J connectivity index is 1.79. The Labute approximate surface area is 175 Å². The fourth-order valence-electron chi connectivity index (χ4n) is 3.16. The van der Waals surface area contributed by atoms with Crippen LogP contribution in [0, 0.1) is 11.6 Å². The van der Waals surface area contributed by atoms with Gasteiger partial charge in [0.05, 0.1) is 30.1 Å². The first-order valence-electron chi connectivity index (χ1n) is 9.36. The molecule has 0 amide bonds. The van der Waals surface area contributed by atoms with Gasteiger partial charge in [-0.2, -0.15) is 5.10 Å². The molecule has 0 bridgehead atoms. The molecular weight excluding hydrogens is 412 g/mol. The van der Waals surface area contributed by atoms with E-state index in [9.17, 15) is 19.0 Å². The van der Waals surface area contributed by atoms with Crippen molar-refractivity contribution in [2.45, 2.75) is 18.9 Å². The molecule has 2 heterocycles. The van der Waals surface area contributed by atoms with E-state index < -0.39 is 11.6 Å². The summed E-state index contributed by atoms with van der Waals surface area (Å²) in [6, 6.07) is 7.76. The molecule has 0 spiro atoms. The number of aromatic hydroxyl groups is 2. The molecule has 1 aliphatic rings. The summed E-state index contributed by atoms with van der Waals surface area (Å²) in [5.41, 5.74) is 0.590. The zero-order valence-electron chi connectivity index (χ0n) is 15.8. The molecule has 1 aromatic heterocycles. The van der Waals surface area contributed by atoms with Gasteiger partial charge in [-0.1, -0.05) is 6.07 Å². The van der Waals surface area contributed by atoms with E-state index >= 15 is 0 Å². The molecule has 3 aromatic rings. The lowest BCUT2D eigenvalue weighted by atomic mass is 10.1.